The Hall–Kier alpha value is 0.910. The van der Waals surface area contributed by atoms with Gasteiger partial charge in [-0.05, 0) is 20.3 Å². The van der Waals surface area contributed by atoms with E-state index in [0.717, 1.165) is 19.3 Å². The van der Waals surface area contributed by atoms with Crippen LogP contribution in [0.1, 0.15) is 91.4 Å². The molecule has 0 spiro atoms. The van der Waals surface area contributed by atoms with E-state index in [1.165, 1.54) is 58.8 Å². The van der Waals surface area contributed by atoms with E-state index in [9.17, 15) is 13.0 Å². The summed E-state index contributed by atoms with van der Waals surface area (Å²) in [6.45, 7) is 5.29. The summed E-state index contributed by atoms with van der Waals surface area (Å²) in [5.41, 5.74) is 0. The van der Waals surface area contributed by atoms with Gasteiger partial charge in [0.15, 0.2) is 0 Å². The van der Waals surface area contributed by atoms with Crippen LogP contribution in [0.5, 0.6) is 0 Å². The van der Waals surface area contributed by atoms with E-state index in [4.69, 9.17) is 0 Å². The fraction of sp³-hybridized carbons (Fsp3) is 1.00. The smallest absolute Gasteiger partial charge is 0.748 e. The third kappa shape index (κ3) is 11.6. The monoisotopic (exact) mass is 314 g/mol. The van der Waals surface area contributed by atoms with Crippen LogP contribution in [0.15, 0.2) is 0 Å². The summed E-state index contributed by atoms with van der Waals surface area (Å²) in [6, 6.07) is 0. The molecule has 0 aliphatic rings. The van der Waals surface area contributed by atoms with Gasteiger partial charge in [0.2, 0.25) is 0 Å². The first-order chi connectivity index (χ1) is 8.81. The van der Waals surface area contributed by atoms with Gasteiger partial charge in [0, 0.05) is 0 Å². The maximum Gasteiger partial charge on any atom is 1.00 e. The molecule has 0 aromatic rings. The first-order valence-corrected chi connectivity index (χ1v) is 9.17. The molecule has 20 heavy (non-hydrogen) atoms. The van der Waals surface area contributed by atoms with Crippen molar-refractivity contribution >= 4 is 10.1 Å². The molecule has 0 bridgehead atoms. The minimum atomic E-state index is -4.16. The average molecular weight is 314 g/mol. The van der Waals surface area contributed by atoms with Gasteiger partial charge in [0.25, 0.3) is 0 Å². The van der Waals surface area contributed by atoms with Gasteiger partial charge in [-0.1, -0.05) is 71.1 Å². The van der Waals surface area contributed by atoms with E-state index in [1.807, 2.05) is 0 Å². The van der Waals surface area contributed by atoms with Crippen LogP contribution in [0.25, 0.3) is 0 Å². The van der Waals surface area contributed by atoms with Crippen LogP contribution in [-0.4, -0.2) is 17.7 Å². The Morgan fingerprint density at radius 3 is 1.50 bits per heavy atom. The maximum absolute atomic E-state index is 11.0. The van der Waals surface area contributed by atoms with Gasteiger partial charge in [0.1, 0.15) is 0 Å². The van der Waals surface area contributed by atoms with Crippen molar-refractivity contribution in [2.75, 3.05) is 0 Å². The normalized spacial score (nSPS) is 12.2. The summed E-state index contributed by atoms with van der Waals surface area (Å²) in [4.78, 5) is 0. The van der Waals surface area contributed by atoms with Crippen molar-refractivity contribution in [3.05, 3.63) is 0 Å². The summed E-state index contributed by atoms with van der Waals surface area (Å²) in [5.74, 6) is 0. The first kappa shape index (κ1) is 23.2. The SMILES string of the molecule is CCCCCCCCCCCCC(C)(C)S(=O)(=O)[O-].[Na+]. The van der Waals surface area contributed by atoms with Gasteiger partial charge in [-0.2, -0.15) is 0 Å². The van der Waals surface area contributed by atoms with Crippen molar-refractivity contribution in [3.63, 3.8) is 0 Å². The van der Waals surface area contributed by atoms with E-state index in [-0.39, 0.29) is 29.6 Å². The molecule has 0 saturated heterocycles. The zero-order chi connectivity index (χ0) is 14.8. The number of hydrogen-bond donors (Lipinski definition) is 0. The largest absolute Gasteiger partial charge is 1.00 e. The Morgan fingerprint density at radius 1 is 0.800 bits per heavy atom. The van der Waals surface area contributed by atoms with Crippen molar-refractivity contribution < 1.29 is 42.5 Å². The second-order valence-corrected chi connectivity index (χ2v) is 8.16. The van der Waals surface area contributed by atoms with Gasteiger partial charge in [-0.3, -0.25) is 0 Å². The standard InChI is InChI=1S/C15H32O3S.Na/c1-4-5-6-7-8-9-10-11-12-13-14-15(2,3)19(16,17)18;/h4-14H2,1-3H3,(H,16,17,18);/q;+1/p-1. The number of rotatable bonds is 12. The Balaban J connectivity index is 0. The van der Waals surface area contributed by atoms with Crippen LogP contribution in [0.3, 0.4) is 0 Å². The zero-order valence-corrected chi connectivity index (χ0v) is 16.7. The van der Waals surface area contributed by atoms with Crippen LogP contribution in [0.4, 0.5) is 0 Å². The zero-order valence-electron chi connectivity index (χ0n) is 13.9. The molecule has 0 amide bonds. The van der Waals surface area contributed by atoms with Crippen LogP contribution in [-0.2, 0) is 10.1 Å². The molecule has 0 fully saturated rings. The quantitative estimate of drug-likeness (QED) is 0.312. The van der Waals surface area contributed by atoms with Crippen LogP contribution >= 0.6 is 0 Å². The predicted molar refractivity (Wildman–Crippen MR) is 80.2 cm³/mol. The van der Waals surface area contributed by atoms with Crippen LogP contribution in [0, 0.1) is 0 Å². The van der Waals surface area contributed by atoms with E-state index in [2.05, 4.69) is 6.92 Å². The van der Waals surface area contributed by atoms with Gasteiger partial charge in [-0.25, -0.2) is 8.42 Å². The van der Waals surface area contributed by atoms with Crippen molar-refractivity contribution in [3.8, 4) is 0 Å². The Labute approximate surface area is 148 Å². The minimum Gasteiger partial charge on any atom is -0.748 e. The van der Waals surface area contributed by atoms with Crippen molar-refractivity contribution in [1.29, 1.82) is 0 Å². The van der Waals surface area contributed by atoms with Gasteiger partial charge < -0.3 is 4.55 Å². The topological polar surface area (TPSA) is 57.2 Å². The summed E-state index contributed by atoms with van der Waals surface area (Å²) < 4.78 is 31.9. The van der Waals surface area contributed by atoms with Crippen molar-refractivity contribution in [1.82, 2.24) is 0 Å². The third-order valence-electron chi connectivity index (χ3n) is 3.81. The Kier molecular flexibility index (Phi) is 14.4. The number of unbranched alkanes of at least 4 members (excludes halogenated alkanes) is 9. The molecule has 0 saturated carbocycles. The second-order valence-electron chi connectivity index (χ2n) is 6.15. The average Bonchev–Trinajstić information content (AvgIpc) is 2.30. The summed E-state index contributed by atoms with van der Waals surface area (Å²) in [7, 11) is -4.16. The van der Waals surface area contributed by atoms with E-state index in [1.54, 1.807) is 0 Å². The summed E-state index contributed by atoms with van der Waals surface area (Å²) >= 11 is 0. The first-order valence-electron chi connectivity index (χ1n) is 7.76. The molecule has 0 aromatic heterocycles. The molecular formula is C15H31NaO3S. The fourth-order valence-electron chi connectivity index (χ4n) is 2.16. The molecule has 0 radical (unpaired) electrons. The van der Waals surface area contributed by atoms with Gasteiger partial charge in [-0.15, -0.1) is 0 Å². The summed E-state index contributed by atoms with van der Waals surface area (Å²) in [6.07, 6.45) is 12.7. The molecule has 5 heteroatoms. The molecule has 0 N–H and O–H groups in total. The molecular weight excluding hydrogens is 283 g/mol. The van der Waals surface area contributed by atoms with E-state index >= 15 is 0 Å². The molecule has 0 aromatic carbocycles. The molecule has 0 rings (SSSR count). The molecule has 0 heterocycles. The van der Waals surface area contributed by atoms with E-state index < -0.39 is 14.9 Å². The number of hydrogen-bond acceptors (Lipinski definition) is 3. The second kappa shape index (κ2) is 12.5. The molecule has 0 aliphatic heterocycles. The molecule has 116 valence electrons. The third-order valence-corrected chi connectivity index (χ3v) is 5.37. The Bertz CT molecular complexity index is 313. The van der Waals surface area contributed by atoms with E-state index in [0.29, 0.717) is 6.42 Å². The van der Waals surface area contributed by atoms with Crippen molar-refractivity contribution in [2.45, 2.75) is 96.1 Å². The Morgan fingerprint density at radius 2 is 1.15 bits per heavy atom. The van der Waals surface area contributed by atoms with Gasteiger partial charge >= 0.3 is 29.6 Å². The van der Waals surface area contributed by atoms with Gasteiger partial charge in [0.05, 0.1) is 14.9 Å². The maximum atomic E-state index is 11.0. The minimum absolute atomic E-state index is 0. The predicted octanol–water partition coefficient (Wildman–Crippen LogP) is 1.63. The van der Waals surface area contributed by atoms with Crippen LogP contribution < -0.4 is 29.6 Å². The fourth-order valence-corrected chi connectivity index (χ4v) is 2.56. The molecule has 0 aliphatic carbocycles. The molecule has 0 atom stereocenters. The van der Waals surface area contributed by atoms with Crippen LogP contribution in [0.2, 0.25) is 0 Å². The van der Waals surface area contributed by atoms with Crippen molar-refractivity contribution in [2.24, 2.45) is 0 Å². The molecule has 3 nitrogen and oxygen atoms in total. The molecule has 0 unspecified atom stereocenters. The summed E-state index contributed by atoms with van der Waals surface area (Å²) in [5, 5.41) is 0.